The van der Waals surface area contributed by atoms with Crippen molar-refractivity contribution in [3.8, 4) is 11.5 Å². The number of ether oxygens (including phenoxy) is 4. The van der Waals surface area contributed by atoms with E-state index in [2.05, 4.69) is 5.32 Å². The van der Waals surface area contributed by atoms with Crippen LogP contribution >= 0.6 is 0 Å². The number of anilines is 2. The van der Waals surface area contributed by atoms with Crippen LogP contribution in [0.3, 0.4) is 0 Å². The second-order valence-corrected chi connectivity index (χ2v) is 18.4. The zero-order chi connectivity index (χ0) is 49.0. The van der Waals surface area contributed by atoms with Gasteiger partial charge in [-0.1, -0.05) is 45.9 Å². The van der Waals surface area contributed by atoms with E-state index < -0.39 is 94.6 Å². The number of aromatic nitrogens is 1. The number of esters is 1. The number of methoxy groups -OCH3 is 1. The van der Waals surface area contributed by atoms with Crippen molar-refractivity contribution in [2.24, 2.45) is 29.6 Å². The molecule has 1 aromatic heterocycles. The number of piperidine rings is 1. The van der Waals surface area contributed by atoms with Crippen LogP contribution in [0.1, 0.15) is 82.8 Å². The van der Waals surface area contributed by atoms with E-state index in [0.29, 0.717) is 37.0 Å². The topological polar surface area (TPSA) is 244 Å². The first-order chi connectivity index (χ1) is 31.6. The van der Waals surface area contributed by atoms with Gasteiger partial charge < -0.3 is 54.0 Å². The Morgan fingerprint density at radius 3 is 2.27 bits per heavy atom. The molecule has 17 nitrogen and oxygen atoms in total. The molecule has 0 aliphatic carbocycles. The number of aliphatic hydroxyl groups excluding tert-OH is 2. The van der Waals surface area contributed by atoms with Gasteiger partial charge in [-0.15, -0.1) is 0 Å². The number of carbonyl (C=O) groups excluding carboxylic acids is 3. The standard InChI is InChI=1S/C50H59N3O14/c1-22-12-11-13-23(2)48(60)52-39-43(58)35-34(38-46(39)66-33-21-31(20-24(3)37(33)51-38)53-17-14-30(15-18-53)49(61)62)36-45(28(7)42(35)57)67-50(9,47(36)59)64-19-16-32(63-10)25(4)44(65-29(8)54)27(6)41(56)26(5)40(22)55/h11-13,16,19-22,25-27,30,32,40-41,44,55-56,58H,14-15,17-18H2,1-10H3,(H,52,60)(H,61,62)/b12-11+,19-16+,23-13-/t22-,25+,26+,27+,32-,40-,41+,44+,50-/m0/s1. The molecule has 1 fully saturated rings. The highest BCUT2D eigenvalue weighted by Crippen LogP contribution is 2.49. The number of amides is 1. The molecule has 7 rings (SSSR count). The lowest BCUT2D eigenvalue weighted by Crippen LogP contribution is -2.46. The van der Waals surface area contributed by atoms with Crippen LogP contribution in [0.15, 0.2) is 57.5 Å². The molecule has 4 bridgehead atoms. The van der Waals surface area contributed by atoms with Crippen LogP contribution in [0.2, 0.25) is 0 Å². The Balaban J connectivity index is 1.44. The molecule has 3 aromatic carbocycles. The third-order valence-corrected chi connectivity index (χ3v) is 13.8. The van der Waals surface area contributed by atoms with Crippen LogP contribution in [-0.4, -0.2) is 99.4 Å². The lowest BCUT2D eigenvalue weighted by atomic mass is 9.78. The number of aromatic hydroxyl groups is 1. The first-order valence-corrected chi connectivity index (χ1v) is 22.5. The molecule has 0 saturated carbocycles. The second-order valence-electron chi connectivity index (χ2n) is 18.4. The minimum atomic E-state index is -2.07. The van der Waals surface area contributed by atoms with Crippen LogP contribution in [-0.2, 0) is 28.6 Å². The number of carboxylic acid groups (broad SMARTS) is 1. The zero-order valence-electron chi connectivity index (χ0n) is 39.3. The summed E-state index contributed by atoms with van der Waals surface area (Å²) >= 11 is 0. The van der Waals surface area contributed by atoms with Crippen molar-refractivity contribution >= 4 is 68.0 Å². The number of hydrogen-bond donors (Lipinski definition) is 5. The highest BCUT2D eigenvalue weighted by molar-refractivity contribution is 6.26. The van der Waals surface area contributed by atoms with Gasteiger partial charge in [0.1, 0.15) is 28.6 Å². The smallest absolute Gasteiger partial charge is 0.312 e. The number of aryl methyl sites for hydroxylation is 1. The number of rotatable bonds is 4. The molecule has 1 amide bonds. The van der Waals surface area contributed by atoms with Gasteiger partial charge in [-0.2, -0.15) is 0 Å². The maximum Gasteiger partial charge on any atom is 0.312 e. The molecular formula is C50H59N3O14. The Hall–Kier alpha value is -6.30. The van der Waals surface area contributed by atoms with E-state index in [1.54, 1.807) is 45.9 Å². The number of fused-ring (bicyclic) bond motifs is 2. The number of ketones is 1. The van der Waals surface area contributed by atoms with Crippen molar-refractivity contribution in [2.75, 3.05) is 30.4 Å². The average molecular weight is 926 g/mol. The molecule has 67 heavy (non-hydrogen) atoms. The molecular weight excluding hydrogens is 867 g/mol. The van der Waals surface area contributed by atoms with Crippen molar-refractivity contribution in [1.82, 2.24) is 4.98 Å². The van der Waals surface area contributed by atoms with Crippen LogP contribution in [0.4, 0.5) is 11.4 Å². The molecule has 358 valence electrons. The summed E-state index contributed by atoms with van der Waals surface area (Å²) in [6.45, 7) is 15.3. The summed E-state index contributed by atoms with van der Waals surface area (Å²) in [4.78, 5) is 74.5. The van der Waals surface area contributed by atoms with Gasteiger partial charge in [0.2, 0.25) is 0 Å². The highest BCUT2D eigenvalue weighted by atomic mass is 16.7. The van der Waals surface area contributed by atoms with E-state index in [0.717, 1.165) is 5.69 Å². The third kappa shape index (κ3) is 8.87. The Bertz CT molecular complexity index is 2820. The molecule has 1 saturated heterocycles. The average Bonchev–Trinajstić information content (AvgIpc) is 3.56. The summed E-state index contributed by atoms with van der Waals surface area (Å²) in [5.74, 6) is -8.74. The highest BCUT2D eigenvalue weighted by Gasteiger charge is 2.50. The number of allylic oxidation sites excluding steroid dienone is 2. The Kier molecular flexibility index (Phi) is 13.6. The number of Topliss-reactive ketones (excluding diaryl/α,β-unsaturated/α-hetero) is 1. The van der Waals surface area contributed by atoms with Gasteiger partial charge in [0.25, 0.3) is 11.7 Å². The maximum atomic E-state index is 14.8. The minimum absolute atomic E-state index is 0.0262. The quantitative estimate of drug-likeness (QED) is 0.0626. The van der Waals surface area contributed by atoms with Gasteiger partial charge >= 0.3 is 17.7 Å². The Morgan fingerprint density at radius 1 is 0.940 bits per heavy atom. The molecule has 17 heteroatoms. The first kappa shape index (κ1) is 48.6. The molecule has 0 radical (unpaired) electrons. The third-order valence-electron chi connectivity index (χ3n) is 13.8. The van der Waals surface area contributed by atoms with Crippen LogP contribution in [0.25, 0.3) is 33.0 Å². The van der Waals surface area contributed by atoms with Gasteiger partial charge in [-0.25, -0.2) is 4.98 Å². The number of carboxylic acids is 1. The number of phenols is 1. The minimum Gasteiger partial charge on any atom is -0.505 e. The van der Waals surface area contributed by atoms with Crippen LogP contribution in [0.5, 0.6) is 11.5 Å². The van der Waals surface area contributed by atoms with Crippen LogP contribution < -0.4 is 20.4 Å². The Labute approximate surface area is 387 Å². The number of benzene rings is 3. The number of nitrogens with zero attached hydrogens (tertiary/aromatic N) is 2. The maximum absolute atomic E-state index is 14.8. The number of nitrogens with one attached hydrogen (secondary N) is 1. The first-order valence-electron chi connectivity index (χ1n) is 22.5. The lowest BCUT2D eigenvalue weighted by Gasteiger charge is -2.38. The number of aliphatic hydroxyl groups is 2. The Morgan fingerprint density at radius 2 is 1.63 bits per heavy atom. The monoisotopic (exact) mass is 925 g/mol. The summed E-state index contributed by atoms with van der Waals surface area (Å²) in [6.07, 6.45) is 4.38. The fourth-order valence-electron chi connectivity index (χ4n) is 9.63. The number of aliphatic carboxylic acids is 1. The van der Waals surface area contributed by atoms with Gasteiger partial charge in [0, 0.05) is 86.0 Å². The summed E-state index contributed by atoms with van der Waals surface area (Å²) < 4.78 is 30.5. The van der Waals surface area contributed by atoms with E-state index >= 15 is 0 Å². The van der Waals surface area contributed by atoms with Crippen molar-refractivity contribution in [3.63, 3.8) is 0 Å². The number of phenolic OH excluding ortho intramolecular Hbond substituents is 1. The number of carbonyl (C=O) groups is 4. The summed E-state index contributed by atoms with van der Waals surface area (Å²) in [5, 5.41) is 47.1. The molecule has 4 heterocycles. The number of hydrogen-bond acceptors (Lipinski definition) is 15. The van der Waals surface area contributed by atoms with E-state index in [1.807, 2.05) is 17.9 Å². The molecule has 4 aromatic rings. The van der Waals surface area contributed by atoms with Crippen LogP contribution in [0, 0.1) is 43.4 Å². The summed E-state index contributed by atoms with van der Waals surface area (Å²) in [7, 11) is 1.44. The summed E-state index contributed by atoms with van der Waals surface area (Å²) in [6, 6.07) is 3.62. The van der Waals surface area contributed by atoms with Crippen molar-refractivity contribution in [2.45, 2.75) is 105 Å². The predicted octanol–water partition coefficient (Wildman–Crippen LogP) is 6.61. The van der Waals surface area contributed by atoms with Crippen molar-refractivity contribution < 1.29 is 63.0 Å². The molecule has 5 N–H and O–H groups in total. The van der Waals surface area contributed by atoms with E-state index in [1.165, 1.54) is 53.2 Å². The van der Waals surface area contributed by atoms with E-state index in [9.17, 15) is 44.4 Å². The van der Waals surface area contributed by atoms with Gasteiger partial charge in [-0.05, 0) is 51.3 Å². The second kappa shape index (κ2) is 18.8. The fourth-order valence-corrected chi connectivity index (χ4v) is 9.63. The fraction of sp³-hybridized carbons (Fsp3) is 0.480. The SMILES string of the molecule is CO[C@H]1/C=C/O[C@@]2(C)Oc3c(C)c(=O)c4c(O)c(c5oc6cc(N7CCC(C(=O)O)CC7)cc(C)c6nc5c4c3C2=O)NC(=O)/C(C)=C\C=C\[C@H](C)[C@H](O)[C@@H](C)[C@@H](O)[C@@H](C)[C@H](OC(C)=O)[C@@H]1C. The lowest BCUT2D eigenvalue weighted by molar-refractivity contribution is -0.160. The van der Waals surface area contributed by atoms with Gasteiger partial charge in [0.15, 0.2) is 22.3 Å². The zero-order valence-corrected chi connectivity index (χ0v) is 39.3. The molecule has 9 atom stereocenters. The van der Waals surface area contributed by atoms with Gasteiger partial charge in [-0.3, -0.25) is 24.0 Å². The van der Waals surface area contributed by atoms with Crippen molar-refractivity contribution in [1.29, 1.82) is 0 Å². The molecule has 0 spiro atoms. The van der Waals surface area contributed by atoms with E-state index in [4.69, 9.17) is 28.3 Å². The molecule has 3 aliphatic heterocycles. The summed E-state index contributed by atoms with van der Waals surface area (Å²) in [5.41, 5.74) is 0.808. The molecule has 0 unspecified atom stereocenters. The largest absolute Gasteiger partial charge is 0.505 e. The predicted molar refractivity (Wildman–Crippen MR) is 249 cm³/mol. The normalized spacial score (nSPS) is 29.6. The molecule has 3 aliphatic rings. The van der Waals surface area contributed by atoms with Crippen molar-refractivity contribution in [3.05, 3.63) is 75.2 Å². The van der Waals surface area contributed by atoms with E-state index in [-0.39, 0.29) is 55.6 Å². The van der Waals surface area contributed by atoms with Gasteiger partial charge in [0.05, 0.1) is 41.4 Å².